The zero-order chi connectivity index (χ0) is 19.2. The largest absolute Gasteiger partial charge is 0.496 e. The number of benzene rings is 2. The Morgan fingerprint density at radius 1 is 1.15 bits per heavy atom. The first-order chi connectivity index (χ1) is 12.3. The van der Waals surface area contributed by atoms with Crippen LogP contribution in [0.3, 0.4) is 0 Å². The predicted octanol–water partition coefficient (Wildman–Crippen LogP) is 1.79. The minimum Gasteiger partial charge on any atom is -0.496 e. The minimum absolute atomic E-state index is 0.119. The Morgan fingerprint density at radius 2 is 1.85 bits per heavy atom. The molecule has 0 saturated carbocycles. The molecule has 138 valence electrons. The zero-order valence-corrected chi connectivity index (χ0v) is 15.0. The third-order valence-corrected chi connectivity index (χ3v) is 3.81. The molecule has 0 bridgehead atoms. The van der Waals surface area contributed by atoms with Gasteiger partial charge >= 0.3 is 0 Å². The summed E-state index contributed by atoms with van der Waals surface area (Å²) in [5.41, 5.74) is 0.264. The van der Waals surface area contributed by atoms with Crippen LogP contribution in [0.25, 0.3) is 0 Å². The van der Waals surface area contributed by atoms with E-state index in [-0.39, 0.29) is 29.3 Å². The molecule has 0 aromatic heterocycles. The summed E-state index contributed by atoms with van der Waals surface area (Å²) >= 11 is 0. The molecule has 0 aliphatic rings. The van der Waals surface area contributed by atoms with Crippen molar-refractivity contribution < 1.29 is 27.5 Å². The molecular formula is C17H18N2O6S. The maximum absolute atomic E-state index is 12.3. The normalized spacial score (nSPS) is 10.7. The fourth-order valence-electron chi connectivity index (χ4n) is 2.16. The highest BCUT2D eigenvalue weighted by Gasteiger charge is 2.19. The number of sulfonamides is 1. The SMILES string of the molecule is COc1cc(NS(C)(=O)=O)c(Oc2ccccc2)cc1C(=O)CNC=O. The first kappa shape index (κ1) is 19.3. The number of hydrogen-bond donors (Lipinski definition) is 2. The van der Waals surface area contributed by atoms with Crippen LogP contribution in [0, 0.1) is 0 Å². The van der Waals surface area contributed by atoms with Crippen LogP contribution in [0.4, 0.5) is 5.69 Å². The number of amides is 1. The summed E-state index contributed by atoms with van der Waals surface area (Å²) in [6.45, 7) is -0.233. The fourth-order valence-corrected chi connectivity index (χ4v) is 2.71. The Labute approximate surface area is 151 Å². The van der Waals surface area contributed by atoms with Crippen LogP contribution in [-0.4, -0.2) is 40.5 Å². The molecule has 0 heterocycles. The molecule has 1 amide bonds. The number of ketones is 1. The van der Waals surface area contributed by atoms with E-state index >= 15 is 0 Å². The van der Waals surface area contributed by atoms with Gasteiger partial charge in [0, 0.05) is 6.07 Å². The van der Waals surface area contributed by atoms with Gasteiger partial charge in [-0.1, -0.05) is 18.2 Å². The van der Waals surface area contributed by atoms with E-state index in [0.717, 1.165) is 6.26 Å². The van der Waals surface area contributed by atoms with Gasteiger partial charge in [0.05, 0.1) is 31.2 Å². The highest BCUT2D eigenvalue weighted by molar-refractivity contribution is 7.92. The second-order valence-electron chi connectivity index (χ2n) is 5.26. The quantitative estimate of drug-likeness (QED) is 0.508. The second-order valence-corrected chi connectivity index (χ2v) is 7.01. The monoisotopic (exact) mass is 378 g/mol. The number of ether oxygens (including phenoxy) is 2. The standard InChI is InChI=1S/C17H18N2O6S/c1-24-16-9-14(19-26(2,22)23)17(25-12-6-4-3-5-7-12)8-13(16)15(21)10-18-11-20/h3-9,11,19H,10H2,1-2H3,(H,18,20). The molecule has 0 radical (unpaired) electrons. The topological polar surface area (TPSA) is 111 Å². The van der Waals surface area contributed by atoms with Gasteiger partial charge in [-0.3, -0.25) is 14.3 Å². The minimum atomic E-state index is -3.59. The molecule has 2 aromatic rings. The van der Waals surface area contributed by atoms with Crippen LogP contribution in [0.5, 0.6) is 17.2 Å². The lowest BCUT2D eigenvalue weighted by Crippen LogP contribution is -2.22. The number of rotatable bonds is 9. The van der Waals surface area contributed by atoms with Gasteiger partial charge < -0.3 is 14.8 Å². The number of nitrogens with one attached hydrogen (secondary N) is 2. The average Bonchev–Trinajstić information content (AvgIpc) is 2.60. The van der Waals surface area contributed by atoms with Gasteiger partial charge in [0.1, 0.15) is 11.5 Å². The third kappa shape index (κ3) is 5.21. The Kier molecular flexibility index (Phi) is 6.18. The van der Waals surface area contributed by atoms with Crippen molar-refractivity contribution in [2.45, 2.75) is 0 Å². The summed E-state index contributed by atoms with van der Waals surface area (Å²) in [5, 5.41) is 2.28. The van der Waals surface area contributed by atoms with E-state index in [4.69, 9.17) is 9.47 Å². The number of anilines is 1. The molecule has 0 unspecified atom stereocenters. The Balaban J connectivity index is 2.52. The molecule has 9 heteroatoms. The number of carbonyl (C=O) groups excluding carboxylic acids is 2. The van der Waals surface area contributed by atoms with Crippen LogP contribution in [-0.2, 0) is 14.8 Å². The lowest BCUT2D eigenvalue weighted by Gasteiger charge is -2.16. The summed E-state index contributed by atoms with van der Waals surface area (Å²) < 4.78 is 36.5. The first-order valence-electron chi connectivity index (χ1n) is 7.47. The molecule has 0 fully saturated rings. The van der Waals surface area contributed by atoms with Crippen molar-refractivity contribution in [3.05, 3.63) is 48.0 Å². The maximum atomic E-state index is 12.3. The Hall–Kier alpha value is -3.07. The number of carbonyl (C=O) groups is 2. The van der Waals surface area contributed by atoms with Crippen molar-refractivity contribution in [1.82, 2.24) is 5.32 Å². The summed E-state index contributed by atoms with van der Waals surface area (Å²) in [6, 6.07) is 11.4. The molecule has 0 atom stereocenters. The van der Waals surface area contributed by atoms with Crippen molar-refractivity contribution in [3.8, 4) is 17.2 Å². The molecule has 8 nitrogen and oxygen atoms in total. The average molecular weight is 378 g/mol. The van der Waals surface area contributed by atoms with E-state index in [0.29, 0.717) is 12.2 Å². The van der Waals surface area contributed by atoms with Crippen LogP contribution in [0.2, 0.25) is 0 Å². The van der Waals surface area contributed by atoms with Gasteiger partial charge in [-0.15, -0.1) is 0 Å². The lowest BCUT2D eigenvalue weighted by atomic mass is 10.1. The van der Waals surface area contributed by atoms with Crippen molar-refractivity contribution >= 4 is 27.9 Å². The summed E-state index contributed by atoms with van der Waals surface area (Å²) in [5.74, 6) is 0.308. The van der Waals surface area contributed by atoms with Gasteiger partial charge in [-0.2, -0.15) is 0 Å². The molecule has 0 aliphatic heterocycles. The van der Waals surface area contributed by atoms with E-state index in [1.165, 1.54) is 19.2 Å². The molecular weight excluding hydrogens is 360 g/mol. The van der Waals surface area contributed by atoms with E-state index in [1.807, 2.05) is 0 Å². The molecule has 0 aliphatic carbocycles. The fraction of sp³-hybridized carbons (Fsp3) is 0.176. The predicted molar refractivity (Wildman–Crippen MR) is 96.4 cm³/mol. The van der Waals surface area contributed by atoms with Crippen LogP contribution >= 0.6 is 0 Å². The van der Waals surface area contributed by atoms with Gasteiger partial charge in [0.2, 0.25) is 16.4 Å². The summed E-state index contributed by atoms with van der Waals surface area (Å²) in [4.78, 5) is 22.7. The van der Waals surface area contributed by atoms with Crippen LogP contribution < -0.4 is 19.5 Å². The Bertz CT molecular complexity index is 897. The van der Waals surface area contributed by atoms with Gasteiger partial charge in [0.15, 0.2) is 11.5 Å². The van der Waals surface area contributed by atoms with E-state index in [2.05, 4.69) is 10.0 Å². The smallest absolute Gasteiger partial charge is 0.229 e. The molecule has 2 N–H and O–H groups in total. The van der Waals surface area contributed by atoms with Crippen molar-refractivity contribution in [2.75, 3.05) is 24.6 Å². The van der Waals surface area contributed by atoms with Gasteiger partial charge in [-0.25, -0.2) is 8.42 Å². The highest BCUT2D eigenvalue weighted by Crippen LogP contribution is 2.36. The molecule has 0 saturated heterocycles. The summed E-state index contributed by atoms with van der Waals surface area (Å²) in [6.07, 6.45) is 1.41. The van der Waals surface area contributed by atoms with Gasteiger partial charge in [-0.05, 0) is 18.2 Å². The van der Waals surface area contributed by atoms with E-state index < -0.39 is 15.8 Å². The molecule has 2 aromatic carbocycles. The zero-order valence-electron chi connectivity index (χ0n) is 14.2. The van der Waals surface area contributed by atoms with Crippen molar-refractivity contribution in [1.29, 1.82) is 0 Å². The number of methoxy groups -OCH3 is 1. The lowest BCUT2D eigenvalue weighted by molar-refractivity contribution is -0.109. The molecule has 0 spiro atoms. The van der Waals surface area contributed by atoms with Crippen molar-refractivity contribution in [3.63, 3.8) is 0 Å². The van der Waals surface area contributed by atoms with Crippen LogP contribution in [0.1, 0.15) is 10.4 Å². The molecule has 26 heavy (non-hydrogen) atoms. The number of Topliss-reactive ketones (excluding diaryl/α,β-unsaturated/α-hetero) is 1. The number of para-hydroxylation sites is 1. The van der Waals surface area contributed by atoms with E-state index in [9.17, 15) is 18.0 Å². The second kappa shape index (κ2) is 8.34. The number of hydrogen-bond acceptors (Lipinski definition) is 6. The van der Waals surface area contributed by atoms with Crippen LogP contribution in [0.15, 0.2) is 42.5 Å². The summed E-state index contributed by atoms with van der Waals surface area (Å²) in [7, 11) is -2.24. The molecule has 2 rings (SSSR count). The van der Waals surface area contributed by atoms with E-state index in [1.54, 1.807) is 30.3 Å². The Morgan fingerprint density at radius 3 is 2.42 bits per heavy atom. The first-order valence-corrected chi connectivity index (χ1v) is 9.36. The van der Waals surface area contributed by atoms with Gasteiger partial charge in [0.25, 0.3) is 0 Å². The highest BCUT2D eigenvalue weighted by atomic mass is 32.2. The maximum Gasteiger partial charge on any atom is 0.229 e. The van der Waals surface area contributed by atoms with Crippen molar-refractivity contribution in [2.24, 2.45) is 0 Å². The third-order valence-electron chi connectivity index (χ3n) is 3.21.